The third-order valence-corrected chi connectivity index (χ3v) is 19.2. The minimum atomic E-state index is -1.18. The molecule has 0 amide bonds. The second kappa shape index (κ2) is 29.7. The third kappa shape index (κ3) is 17.1. The maximum Gasteiger partial charge on any atom is 0.346 e. The van der Waals surface area contributed by atoms with E-state index in [0.29, 0.717) is 23.7 Å². The van der Waals surface area contributed by atoms with E-state index in [1.807, 2.05) is 17.4 Å². The summed E-state index contributed by atoms with van der Waals surface area (Å²) < 4.78 is 15.2. The molecule has 8 heteroatoms. The number of nitrogens with zero attached hydrogens (tertiary/aromatic N) is 2. The maximum atomic E-state index is 12.1. The van der Waals surface area contributed by atoms with E-state index >= 15 is 0 Å². The summed E-state index contributed by atoms with van der Waals surface area (Å²) in [5.74, 6) is 4.85. The highest BCUT2D eigenvalue weighted by molar-refractivity contribution is 7.22. The standard InChI is InChI=1S/C70H90N2O4S2/c1-49(2)15-13-17-51(5)23-39-64-66-46-62(77-68(66)65(40-24-52(6)18-14-16-50(3)4)67-47-63(78-69(64)67)45-56(48-71)70(73)74)38-27-55-25-28-57(29-26-55)72(58-30-34-60(35-31-58)75-43-41-53-19-9-7-10-20-53)59-32-36-61(37-33-59)76-44-42-54-21-11-8-12-22-54/h25-38,45-47,49-54H,7-24,39-44H2,1-6H3,(H,73,74)/b38-27+,56-45-. The molecule has 0 aliphatic heterocycles. The lowest BCUT2D eigenvalue weighted by Crippen LogP contribution is -2.12. The first kappa shape index (κ1) is 58.8. The van der Waals surface area contributed by atoms with Gasteiger partial charge in [-0.25, -0.2) is 4.79 Å². The van der Waals surface area contributed by atoms with E-state index in [9.17, 15) is 15.2 Å². The summed E-state index contributed by atoms with van der Waals surface area (Å²) in [7, 11) is 0. The van der Waals surface area contributed by atoms with Crippen LogP contribution in [0, 0.1) is 46.8 Å². The molecular formula is C70H90N2O4S2. The van der Waals surface area contributed by atoms with Gasteiger partial charge in [0.1, 0.15) is 23.1 Å². The van der Waals surface area contributed by atoms with Gasteiger partial charge in [-0.3, -0.25) is 0 Å². The second-order valence-corrected chi connectivity index (χ2v) is 26.4. The van der Waals surface area contributed by atoms with Crippen molar-refractivity contribution in [2.75, 3.05) is 18.1 Å². The molecule has 2 saturated carbocycles. The lowest BCUT2D eigenvalue weighted by atomic mass is 9.87. The van der Waals surface area contributed by atoms with Gasteiger partial charge in [0.2, 0.25) is 0 Å². The fraction of sp³-hybridized carbons (Fsp3) is 0.514. The monoisotopic (exact) mass is 1090 g/mol. The van der Waals surface area contributed by atoms with Crippen molar-refractivity contribution in [3.63, 3.8) is 0 Å². The number of carboxylic acids is 1. The number of rotatable bonds is 29. The van der Waals surface area contributed by atoms with Gasteiger partial charge in [-0.05, 0) is 186 Å². The van der Waals surface area contributed by atoms with E-state index < -0.39 is 5.97 Å². The lowest BCUT2D eigenvalue weighted by molar-refractivity contribution is -0.132. The van der Waals surface area contributed by atoms with Crippen molar-refractivity contribution in [2.24, 2.45) is 35.5 Å². The van der Waals surface area contributed by atoms with Crippen LogP contribution in [-0.4, -0.2) is 24.3 Å². The van der Waals surface area contributed by atoms with Crippen molar-refractivity contribution < 1.29 is 19.4 Å². The Morgan fingerprint density at radius 3 is 1.47 bits per heavy atom. The average molecular weight is 1090 g/mol. The van der Waals surface area contributed by atoms with Gasteiger partial charge in [0, 0.05) is 36.2 Å². The highest BCUT2D eigenvalue weighted by Gasteiger charge is 2.22. The first-order chi connectivity index (χ1) is 37.9. The van der Waals surface area contributed by atoms with E-state index in [0.717, 1.165) is 103 Å². The normalized spacial score (nSPS) is 15.7. The Balaban J connectivity index is 1.08. The molecule has 2 heterocycles. The largest absolute Gasteiger partial charge is 0.494 e. The van der Waals surface area contributed by atoms with Gasteiger partial charge in [0.25, 0.3) is 0 Å². The number of benzene rings is 4. The number of fused-ring (bicyclic) bond motifs is 2. The molecular weight excluding hydrogens is 997 g/mol. The Morgan fingerprint density at radius 1 is 0.603 bits per heavy atom. The predicted molar refractivity (Wildman–Crippen MR) is 334 cm³/mol. The zero-order valence-corrected chi connectivity index (χ0v) is 49.8. The fourth-order valence-corrected chi connectivity index (χ4v) is 14.5. The summed E-state index contributed by atoms with van der Waals surface area (Å²) >= 11 is 3.54. The van der Waals surface area contributed by atoms with Gasteiger partial charge >= 0.3 is 5.97 Å². The number of nitriles is 1. The molecule has 2 aromatic heterocycles. The van der Waals surface area contributed by atoms with Crippen LogP contribution in [0.15, 0.2) is 90.5 Å². The predicted octanol–water partition coefficient (Wildman–Crippen LogP) is 21.2. The zero-order valence-electron chi connectivity index (χ0n) is 48.1. The van der Waals surface area contributed by atoms with E-state index in [2.05, 4.69) is 144 Å². The molecule has 0 spiro atoms. The topological polar surface area (TPSA) is 82.8 Å². The van der Waals surface area contributed by atoms with Crippen LogP contribution in [-0.2, 0) is 17.6 Å². The van der Waals surface area contributed by atoms with Crippen LogP contribution >= 0.6 is 22.7 Å². The molecule has 416 valence electrons. The first-order valence-corrected chi connectivity index (χ1v) is 31.9. The van der Waals surface area contributed by atoms with Crippen molar-refractivity contribution in [3.05, 3.63) is 117 Å². The number of thiophene rings is 2. The molecule has 2 unspecified atom stereocenters. The Hall–Kier alpha value is -5.36. The first-order valence-electron chi connectivity index (χ1n) is 30.3. The summed E-state index contributed by atoms with van der Waals surface area (Å²) in [6.45, 7) is 15.6. The minimum Gasteiger partial charge on any atom is -0.494 e. The number of anilines is 3. The quantitative estimate of drug-likeness (QED) is 0.0372. The smallest absolute Gasteiger partial charge is 0.346 e. The van der Waals surface area contributed by atoms with Gasteiger partial charge in [-0.2, -0.15) is 5.26 Å². The van der Waals surface area contributed by atoms with Crippen LogP contribution < -0.4 is 14.4 Å². The Bertz CT molecular complexity index is 2760. The molecule has 78 heavy (non-hydrogen) atoms. The van der Waals surface area contributed by atoms with Crippen molar-refractivity contribution in [2.45, 2.75) is 183 Å². The number of aryl methyl sites for hydroxylation is 2. The van der Waals surface area contributed by atoms with E-state index in [4.69, 9.17) is 9.47 Å². The van der Waals surface area contributed by atoms with Gasteiger partial charge in [-0.15, -0.1) is 22.7 Å². The molecule has 6 nitrogen and oxygen atoms in total. The van der Waals surface area contributed by atoms with Crippen LogP contribution in [0.1, 0.15) is 196 Å². The van der Waals surface area contributed by atoms with Crippen molar-refractivity contribution >= 4 is 84.1 Å². The lowest BCUT2D eigenvalue weighted by Gasteiger charge is -2.26. The summed E-state index contributed by atoms with van der Waals surface area (Å²) in [6.07, 6.45) is 33.5. The number of carbonyl (C=O) groups is 1. The van der Waals surface area contributed by atoms with Crippen LogP contribution in [0.4, 0.5) is 17.1 Å². The molecule has 2 atom stereocenters. The number of aliphatic carboxylic acids is 1. The number of carboxylic acid groups (broad SMARTS) is 1. The summed E-state index contributed by atoms with van der Waals surface area (Å²) in [6, 6.07) is 32.7. The number of hydrogen-bond acceptors (Lipinski definition) is 7. The van der Waals surface area contributed by atoms with Gasteiger partial charge in [0.05, 0.1) is 13.2 Å². The van der Waals surface area contributed by atoms with Crippen LogP contribution in [0.25, 0.3) is 38.4 Å². The van der Waals surface area contributed by atoms with E-state index in [1.54, 1.807) is 17.4 Å². The van der Waals surface area contributed by atoms with E-state index in [1.165, 1.54) is 139 Å². The highest BCUT2D eigenvalue weighted by atomic mass is 32.1. The molecule has 6 aromatic rings. The Morgan fingerprint density at radius 2 is 1.04 bits per heavy atom. The number of ether oxygens (including phenoxy) is 2. The second-order valence-electron chi connectivity index (χ2n) is 24.2. The van der Waals surface area contributed by atoms with Crippen LogP contribution in [0.3, 0.4) is 0 Å². The summed E-state index contributed by atoms with van der Waals surface area (Å²) in [5.41, 5.74) is 6.86. The SMILES string of the molecule is CC(C)CCCC(C)CCc1c2cc(/C=C/c3ccc(N(c4ccc(OCCC5CCCCC5)cc4)c4ccc(OCCC5CCCCC5)cc4)cc3)sc2c(CCC(C)CCCC(C)C)c2cc(/C=C(/C#N)C(=O)O)sc12. The molecule has 2 aliphatic carbocycles. The van der Waals surface area contributed by atoms with Crippen molar-refractivity contribution in [1.29, 1.82) is 5.26 Å². The Labute approximate surface area is 477 Å². The molecule has 1 N–H and O–H groups in total. The molecule has 0 bridgehead atoms. The third-order valence-electron chi connectivity index (χ3n) is 16.9. The van der Waals surface area contributed by atoms with Crippen LogP contribution in [0.5, 0.6) is 11.5 Å². The molecule has 8 rings (SSSR count). The fourth-order valence-electron chi connectivity index (χ4n) is 12.1. The minimum absolute atomic E-state index is 0.226. The Kier molecular flexibility index (Phi) is 22.4. The summed E-state index contributed by atoms with van der Waals surface area (Å²) in [4.78, 5) is 16.4. The maximum absolute atomic E-state index is 12.1. The molecule has 4 aromatic carbocycles. The van der Waals surface area contributed by atoms with Crippen LogP contribution in [0.2, 0.25) is 0 Å². The average Bonchev–Trinajstić information content (AvgIpc) is 4.29. The van der Waals surface area contributed by atoms with Gasteiger partial charge in [-0.1, -0.05) is 162 Å². The highest BCUT2D eigenvalue weighted by Crippen LogP contribution is 2.45. The van der Waals surface area contributed by atoms with Crippen molar-refractivity contribution in [1.82, 2.24) is 0 Å². The molecule has 2 fully saturated rings. The van der Waals surface area contributed by atoms with E-state index in [-0.39, 0.29) is 5.57 Å². The van der Waals surface area contributed by atoms with Gasteiger partial charge in [0.15, 0.2) is 0 Å². The molecule has 0 saturated heterocycles. The molecule has 0 radical (unpaired) electrons. The number of hydrogen-bond donors (Lipinski definition) is 1. The van der Waals surface area contributed by atoms with Gasteiger partial charge < -0.3 is 19.5 Å². The summed E-state index contributed by atoms with van der Waals surface area (Å²) in [5, 5.41) is 22.2. The molecule has 2 aliphatic rings. The zero-order chi connectivity index (χ0) is 54.8. The van der Waals surface area contributed by atoms with Crippen molar-refractivity contribution in [3.8, 4) is 17.6 Å².